The number of nitrogens with one attached hydrogen (secondary N) is 1. The molecule has 0 saturated heterocycles. The monoisotopic (exact) mass is 409 g/mol. The molecular formula is C17H11BrF3N3O. The van der Waals surface area contributed by atoms with Crippen LogP contribution in [0.5, 0.6) is 0 Å². The fourth-order valence-corrected chi connectivity index (χ4v) is 2.25. The maximum Gasteiger partial charge on any atom is 0.417 e. The predicted molar refractivity (Wildman–Crippen MR) is 92.3 cm³/mol. The van der Waals surface area contributed by atoms with Gasteiger partial charge in [0, 0.05) is 16.2 Å². The van der Waals surface area contributed by atoms with Gasteiger partial charge < -0.3 is 4.42 Å². The Morgan fingerprint density at radius 3 is 2.44 bits per heavy atom. The third-order valence-corrected chi connectivity index (χ3v) is 3.75. The lowest BCUT2D eigenvalue weighted by molar-refractivity contribution is -0.137. The molecule has 0 fully saturated rings. The van der Waals surface area contributed by atoms with Crippen LogP contribution in [0.15, 0.2) is 68.7 Å². The molecule has 8 heteroatoms. The van der Waals surface area contributed by atoms with E-state index >= 15 is 0 Å². The van der Waals surface area contributed by atoms with Gasteiger partial charge in [-0.1, -0.05) is 28.1 Å². The quantitative estimate of drug-likeness (QED) is 0.452. The molecule has 2 heterocycles. The van der Waals surface area contributed by atoms with E-state index in [9.17, 15) is 13.2 Å². The second-order valence-electron chi connectivity index (χ2n) is 5.01. The first-order chi connectivity index (χ1) is 11.9. The van der Waals surface area contributed by atoms with Crippen LogP contribution >= 0.6 is 15.9 Å². The maximum absolute atomic E-state index is 12.5. The predicted octanol–water partition coefficient (Wildman–Crippen LogP) is 5.57. The van der Waals surface area contributed by atoms with E-state index < -0.39 is 11.7 Å². The Morgan fingerprint density at radius 1 is 1.04 bits per heavy atom. The van der Waals surface area contributed by atoms with Crippen molar-refractivity contribution in [1.82, 2.24) is 4.98 Å². The summed E-state index contributed by atoms with van der Waals surface area (Å²) in [5.74, 6) is 1.38. The molecule has 0 atom stereocenters. The zero-order chi connectivity index (χ0) is 17.9. The van der Waals surface area contributed by atoms with Crippen LogP contribution in [0, 0.1) is 0 Å². The fraction of sp³-hybridized carbons (Fsp3) is 0.0588. The zero-order valence-corrected chi connectivity index (χ0v) is 14.2. The number of alkyl halides is 3. The van der Waals surface area contributed by atoms with Gasteiger partial charge in [0.25, 0.3) is 0 Å². The first-order valence-corrected chi connectivity index (χ1v) is 7.89. The molecule has 4 nitrogen and oxygen atoms in total. The summed E-state index contributed by atoms with van der Waals surface area (Å²) in [5, 5.41) is 3.90. The van der Waals surface area contributed by atoms with Crippen LogP contribution in [-0.2, 0) is 6.18 Å². The van der Waals surface area contributed by atoms with Gasteiger partial charge in [0.05, 0.1) is 11.8 Å². The van der Waals surface area contributed by atoms with E-state index in [1.807, 2.05) is 24.3 Å². The van der Waals surface area contributed by atoms with Crippen molar-refractivity contribution in [2.45, 2.75) is 6.18 Å². The number of hydrogen-bond acceptors (Lipinski definition) is 4. The highest BCUT2D eigenvalue weighted by atomic mass is 79.9. The maximum atomic E-state index is 12.5. The van der Waals surface area contributed by atoms with Gasteiger partial charge >= 0.3 is 6.18 Å². The lowest BCUT2D eigenvalue weighted by Gasteiger charge is -2.06. The number of rotatable bonds is 4. The van der Waals surface area contributed by atoms with E-state index in [0.29, 0.717) is 11.5 Å². The first kappa shape index (κ1) is 17.2. The SMILES string of the molecule is FC(F)(F)c1ccc(N/N=C/c2ccc(-c3ccc(Br)cc3)o2)nc1. The molecule has 0 saturated carbocycles. The van der Waals surface area contributed by atoms with Crippen molar-refractivity contribution >= 4 is 28.0 Å². The number of furan rings is 1. The van der Waals surface area contributed by atoms with E-state index in [0.717, 1.165) is 22.3 Å². The summed E-state index contributed by atoms with van der Waals surface area (Å²) in [6, 6.07) is 13.3. The highest BCUT2D eigenvalue weighted by Crippen LogP contribution is 2.28. The lowest BCUT2D eigenvalue weighted by Crippen LogP contribution is -2.05. The number of anilines is 1. The average Bonchev–Trinajstić information content (AvgIpc) is 3.04. The Morgan fingerprint density at radius 2 is 1.80 bits per heavy atom. The molecule has 1 aromatic carbocycles. The Bertz CT molecular complexity index is 871. The summed E-state index contributed by atoms with van der Waals surface area (Å²) < 4.78 is 44.0. The van der Waals surface area contributed by atoms with E-state index in [1.54, 1.807) is 12.1 Å². The number of halogens is 4. The largest absolute Gasteiger partial charge is 0.455 e. The van der Waals surface area contributed by atoms with Crippen molar-refractivity contribution in [1.29, 1.82) is 0 Å². The Labute approximate surface area is 149 Å². The highest BCUT2D eigenvalue weighted by molar-refractivity contribution is 9.10. The Hall–Kier alpha value is -2.61. The molecular weight excluding hydrogens is 399 g/mol. The molecule has 0 amide bonds. The molecule has 0 bridgehead atoms. The standard InChI is InChI=1S/C17H11BrF3N3O/c18-13-4-1-11(2-5-13)15-7-6-14(25-15)10-23-24-16-8-3-12(9-22-16)17(19,20)21/h1-10H,(H,22,24)/b23-10+. The zero-order valence-electron chi connectivity index (χ0n) is 12.6. The van der Waals surface area contributed by atoms with Gasteiger partial charge in [-0.3, -0.25) is 5.43 Å². The smallest absolute Gasteiger partial charge is 0.417 e. The van der Waals surface area contributed by atoms with Crippen LogP contribution in [-0.4, -0.2) is 11.2 Å². The summed E-state index contributed by atoms with van der Waals surface area (Å²) >= 11 is 3.37. The number of hydrazone groups is 1. The molecule has 0 aliphatic carbocycles. The van der Waals surface area contributed by atoms with Crippen molar-refractivity contribution in [2.24, 2.45) is 5.10 Å². The second kappa shape index (κ2) is 7.10. The van der Waals surface area contributed by atoms with Crippen molar-refractivity contribution in [2.75, 3.05) is 5.43 Å². The third-order valence-electron chi connectivity index (χ3n) is 3.22. The molecule has 2 aromatic heterocycles. The normalized spacial score (nSPS) is 11.8. The lowest BCUT2D eigenvalue weighted by atomic mass is 10.2. The van der Waals surface area contributed by atoms with Gasteiger partial charge in [-0.15, -0.1) is 0 Å². The highest BCUT2D eigenvalue weighted by Gasteiger charge is 2.30. The number of nitrogens with zero attached hydrogens (tertiary/aromatic N) is 2. The molecule has 3 rings (SSSR count). The van der Waals surface area contributed by atoms with Crippen LogP contribution in [0.2, 0.25) is 0 Å². The molecule has 0 unspecified atom stereocenters. The van der Waals surface area contributed by atoms with Crippen molar-refractivity contribution in [3.8, 4) is 11.3 Å². The minimum absolute atomic E-state index is 0.198. The summed E-state index contributed by atoms with van der Waals surface area (Å²) in [7, 11) is 0. The van der Waals surface area contributed by atoms with Gasteiger partial charge in [0.15, 0.2) is 0 Å². The van der Waals surface area contributed by atoms with Gasteiger partial charge in [-0.25, -0.2) is 4.98 Å². The Kier molecular flexibility index (Phi) is 4.89. The molecule has 3 aromatic rings. The third kappa shape index (κ3) is 4.48. The first-order valence-electron chi connectivity index (χ1n) is 7.10. The van der Waals surface area contributed by atoms with Gasteiger partial charge in [-0.2, -0.15) is 18.3 Å². The molecule has 0 spiro atoms. The van der Waals surface area contributed by atoms with E-state index in [-0.39, 0.29) is 5.82 Å². The van der Waals surface area contributed by atoms with Crippen LogP contribution in [0.4, 0.5) is 19.0 Å². The molecule has 0 aliphatic heterocycles. The molecule has 128 valence electrons. The van der Waals surface area contributed by atoms with Gasteiger partial charge in [0.2, 0.25) is 0 Å². The van der Waals surface area contributed by atoms with Crippen LogP contribution in [0.3, 0.4) is 0 Å². The van der Waals surface area contributed by atoms with Crippen LogP contribution in [0.25, 0.3) is 11.3 Å². The van der Waals surface area contributed by atoms with Crippen molar-refractivity contribution < 1.29 is 17.6 Å². The number of benzene rings is 1. The van der Waals surface area contributed by atoms with Crippen LogP contribution in [0.1, 0.15) is 11.3 Å². The van der Waals surface area contributed by atoms with Gasteiger partial charge in [-0.05, 0) is 36.4 Å². The molecule has 1 N–H and O–H groups in total. The number of aromatic nitrogens is 1. The summed E-state index contributed by atoms with van der Waals surface area (Å²) in [6.07, 6.45) is -2.25. The summed E-state index contributed by atoms with van der Waals surface area (Å²) in [4.78, 5) is 3.66. The molecule has 0 aliphatic rings. The minimum Gasteiger partial charge on any atom is -0.455 e. The van der Waals surface area contributed by atoms with Crippen molar-refractivity contribution in [3.63, 3.8) is 0 Å². The topological polar surface area (TPSA) is 50.4 Å². The summed E-state index contributed by atoms with van der Waals surface area (Å²) in [5.41, 5.74) is 2.66. The van der Waals surface area contributed by atoms with E-state index in [2.05, 4.69) is 31.4 Å². The average molecular weight is 410 g/mol. The minimum atomic E-state index is -4.41. The molecule has 0 radical (unpaired) electrons. The number of hydrogen-bond donors (Lipinski definition) is 1. The van der Waals surface area contributed by atoms with E-state index in [1.165, 1.54) is 12.3 Å². The van der Waals surface area contributed by atoms with E-state index in [4.69, 9.17) is 4.42 Å². The van der Waals surface area contributed by atoms with Crippen LogP contribution < -0.4 is 5.43 Å². The molecule has 25 heavy (non-hydrogen) atoms. The second-order valence-corrected chi connectivity index (χ2v) is 5.92. The fourth-order valence-electron chi connectivity index (χ4n) is 1.98. The Balaban J connectivity index is 1.64. The van der Waals surface area contributed by atoms with Gasteiger partial charge in [0.1, 0.15) is 17.3 Å². The summed E-state index contributed by atoms with van der Waals surface area (Å²) in [6.45, 7) is 0. The van der Waals surface area contributed by atoms with Crippen molar-refractivity contribution in [3.05, 3.63) is 70.5 Å². The number of pyridine rings is 1.